The maximum absolute atomic E-state index is 12.2. The Morgan fingerprint density at radius 3 is 2.71 bits per heavy atom. The van der Waals surface area contributed by atoms with E-state index in [1.165, 1.54) is 0 Å². The van der Waals surface area contributed by atoms with Gasteiger partial charge in [0.25, 0.3) is 6.01 Å². The Kier molecular flexibility index (Phi) is 1.63. The number of anilines is 1. The molecule has 2 rings (SSSR count). The van der Waals surface area contributed by atoms with Gasteiger partial charge in [0.05, 0.1) is 6.20 Å². The lowest BCUT2D eigenvalue weighted by Crippen LogP contribution is -2.06. The third-order valence-electron chi connectivity index (χ3n) is 1.58. The van der Waals surface area contributed by atoms with Crippen LogP contribution >= 0.6 is 0 Å². The van der Waals surface area contributed by atoms with Crippen molar-refractivity contribution in [3.8, 4) is 0 Å². The first-order valence-corrected chi connectivity index (χ1v) is 3.56. The number of alkyl halides is 3. The van der Waals surface area contributed by atoms with Gasteiger partial charge < -0.3 is 10.2 Å². The number of nitrogens with zero attached hydrogens (tertiary/aromatic N) is 2. The van der Waals surface area contributed by atoms with E-state index in [2.05, 4.69) is 9.97 Å². The number of hydrogen-bond acceptors (Lipinski definition) is 4. The zero-order valence-electron chi connectivity index (χ0n) is 6.67. The van der Waals surface area contributed by atoms with Crippen molar-refractivity contribution in [2.75, 3.05) is 5.73 Å². The molecule has 4 nitrogen and oxygen atoms in total. The van der Waals surface area contributed by atoms with Gasteiger partial charge in [-0.15, -0.1) is 0 Å². The molecule has 74 valence electrons. The fraction of sp³-hybridized carbons (Fsp3) is 0.143. The topological polar surface area (TPSA) is 64.9 Å². The van der Waals surface area contributed by atoms with E-state index in [4.69, 9.17) is 10.2 Å². The van der Waals surface area contributed by atoms with Gasteiger partial charge in [0.1, 0.15) is 11.2 Å². The summed E-state index contributed by atoms with van der Waals surface area (Å²) in [5.41, 5.74) is 4.32. The van der Waals surface area contributed by atoms with Gasteiger partial charge in [0.15, 0.2) is 5.58 Å². The number of hydrogen-bond donors (Lipinski definition) is 1. The first-order chi connectivity index (χ1) is 6.47. The number of nitrogen functional groups attached to an aromatic ring is 1. The lowest BCUT2D eigenvalue weighted by molar-refractivity contribution is -0.141. The van der Waals surface area contributed by atoms with Gasteiger partial charge in [-0.1, -0.05) is 0 Å². The Balaban J connectivity index is 2.62. The van der Waals surface area contributed by atoms with Crippen molar-refractivity contribution < 1.29 is 17.6 Å². The van der Waals surface area contributed by atoms with Crippen molar-refractivity contribution in [1.29, 1.82) is 0 Å². The number of aromatic nitrogens is 2. The average molecular weight is 203 g/mol. The molecule has 0 aromatic carbocycles. The normalized spacial score (nSPS) is 12.2. The molecule has 0 saturated carbocycles. The average Bonchev–Trinajstić information content (AvgIpc) is 2.41. The smallest absolute Gasteiger partial charge is 0.424 e. The van der Waals surface area contributed by atoms with E-state index in [1.54, 1.807) is 0 Å². The van der Waals surface area contributed by atoms with Crippen molar-refractivity contribution in [2.24, 2.45) is 0 Å². The molecule has 0 aliphatic heterocycles. The van der Waals surface area contributed by atoms with E-state index in [0.29, 0.717) is 0 Å². The van der Waals surface area contributed by atoms with Gasteiger partial charge in [0, 0.05) is 6.07 Å². The zero-order chi connectivity index (χ0) is 10.3. The fourth-order valence-electron chi connectivity index (χ4n) is 1.00. The highest BCUT2D eigenvalue weighted by molar-refractivity contribution is 5.73. The molecule has 0 saturated heterocycles. The van der Waals surface area contributed by atoms with E-state index >= 15 is 0 Å². The van der Waals surface area contributed by atoms with Gasteiger partial charge in [-0.2, -0.15) is 18.2 Å². The predicted octanol–water partition coefficient (Wildman–Crippen LogP) is 1.82. The van der Waals surface area contributed by atoms with Crippen LogP contribution < -0.4 is 5.73 Å². The van der Waals surface area contributed by atoms with Gasteiger partial charge >= 0.3 is 6.18 Å². The van der Waals surface area contributed by atoms with Gasteiger partial charge in [0.2, 0.25) is 0 Å². The van der Waals surface area contributed by atoms with Crippen LogP contribution in [0.3, 0.4) is 0 Å². The minimum atomic E-state index is -4.49. The van der Waals surface area contributed by atoms with Crippen molar-refractivity contribution >= 4 is 17.1 Å². The van der Waals surface area contributed by atoms with Crippen LogP contribution in [0, 0.1) is 0 Å². The largest absolute Gasteiger partial charge is 0.433 e. The lowest BCUT2D eigenvalue weighted by atomic mass is 10.3. The molecule has 0 bridgehead atoms. The van der Waals surface area contributed by atoms with Crippen LogP contribution in [0.5, 0.6) is 0 Å². The van der Waals surface area contributed by atoms with Crippen LogP contribution in [-0.4, -0.2) is 9.97 Å². The number of oxazole rings is 1. The van der Waals surface area contributed by atoms with Crippen molar-refractivity contribution in [3.05, 3.63) is 18.0 Å². The van der Waals surface area contributed by atoms with Crippen molar-refractivity contribution in [3.63, 3.8) is 0 Å². The molecule has 0 unspecified atom stereocenters. The molecular formula is C7H4F3N3O. The van der Waals surface area contributed by atoms with E-state index in [-0.39, 0.29) is 17.1 Å². The number of halogens is 3. The number of rotatable bonds is 0. The summed E-state index contributed by atoms with van der Waals surface area (Å²) >= 11 is 0. The number of pyridine rings is 1. The van der Waals surface area contributed by atoms with Crippen LogP contribution in [0.2, 0.25) is 0 Å². The molecule has 0 radical (unpaired) electrons. The summed E-state index contributed by atoms with van der Waals surface area (Å²) in [6.07, 6.45) is -3.52. The van der Waals surface area contributed by atoms with Gasteiger partial charge in [-0.3, -0.25) is 0 Å². The summed E-state index contributed by atoms with van der Waals surface area (Å²) in [6, 6.07) is 0.583. The molecule has 2 N–H and O–H groups in total. The lowest BCUT2D eigenvalue weighted by Gasteiger charge is -2.03. The monoisotopic (exact) mass is 203 g/mol. The Labute approximate surface area is 75.5 Å². The standard InChI is InChI=1S/C7H4F3N3O/c8-7(9,10)5-1-4-3(2-12-5)13-6(11)14-4/h1-2H,(H2,11,13). The van der Waals surface area contributed by atoms with Crippen LogP contribution in [-0.2, 0) is 6.18 Å². The minimum absolute atomic E-state index is 0.0233. The second-order valence-electron chi connectivity index (χ2n) is 2.59. The Hall–Kier alpha value is -1.79. The highest BCUT2D eigenvalue weighted by Crippen LogP contribution is 2.29. The highest BCUT2D eigenvalue weighted by atomic mass is 19.4. The van der Waals surface area contributed by atoms with Crippen LogP contribution in [0.15, 0.2) is 16.7 Å². The summed E-state index contributed by atoms with van der Waals surface area (Å²) in [6.45, 7) is 0. The third-order valence-corrected chi connectivity index (χ3v) is 1.58. The molecule has 2 aromatic heterocycles. The molecule has 2 aromatic rings. The molecule has 0 amide bonds. The van der Waals surface area contributed by atoms with Gasteiger partial charge in [-0.05, 0) is 0 Å². The van der Waals surface area contributed by atoms with Crippen LogP contribution in [0.1, 0.15) is 5.69 Å². The molecule has 0 aliphatic rings. The van der Waals surface area contributed by atoms with Crippen LogP contribution in [0.4, 0.5) is 19.2 Å². The second-order valence-corrected chi connectivity index (χ2v) is 2.59. The van der Waals surface area contributed by atoms with E-state index in [9.17, 15) is 13.2 Å². The third kappa shape index (κ3) is 1.36. The molecule has 0 spiro atoms. The summed E-state index contributed by atoms with van der Waals surface area (Å²) in [5.74, 6) is 0. The summed E-state index contributed by atoms with van der Waals surface area (Å²) < 4.78 is 41.2. The fourth-order valence-corrected chi connectivity index (χ4v) is 1.00. The summed E-state index contributed by atoms with van der Waals surface area (Å²) in [7, 11) is 0. The van der Waals surface area contributed by atoms with E-state index in [0.717, 1.165) is 12.3 Å². The summed E-state index contributed by atoms with van der Waals surface area (Å²) in [4.78, 5) is 6.81. The van der Waals surface area contributed by atoms with Crippen molar-refractivity contribution in [1.82, 2.24) is 9.97 Å². The highest BCUT2D eigenvalue weighted by Gasteiger charge is 2.33. The summed E-state index contributed by atoms with van der Waals surface area (Å²) in [5, 5.41) is 0. The molecule has 0 aliphatic carbocycles. The Bertz CT molecular complexity index is 476. The second kappa shape index (κ2) is 2.60. The van der Waals surface area contributed by atoms with Crippen molar-refractivity contribution in [2.45, 2.75) is 6.18 Å². The Morgan fingerprint density at radius 1 is 1.36 bits per heavy atom. The van der Waals surface area contributed by atoms with Crippen LogP contribution in [0.25, 0.3) is 11.1 Å². The first-order valence-electron chi connectivity index (χ1n) is 3.56. The molecule has 2 heterocycles. The molecule has 0 atom stereocenters. The number of fused-ring (bicyclic) bond motifs is 1. The predicted molar refractivity (Wildman–Crippen MR) is 41.2 cm³/mol. The maximum Gasteiger partial charge on any atom is 0.433 e. The zero-order valence-corrected chi connectivity index (χ0v) is 6.67. The molecule has 0 fully saturated rings. The SMILES string of the molecule is Nc1nc2cnc(C(F)(F)F)cc2o1. The first kappa shape index (κ1) is 8.79. The quantitative estimate of drug-likeness (QED) is 0.709. The molecular weight excluding hydrogens is 199 g/mol. The molecule has 7 heteroatoms. The van der Waals surface area contributed by atoms with Gasteiger partial charge in [-0.25, -0.2) is 4.98 Å². The maximum atomic E-state index is 12.2. The Morgan fingerprint density at radius 2 is 2.07 bits per heavy atom. The van der Waals surface area contributed by atoms with E-state index in [1.807, 2.05) is 0 Å². The van der Waals surface area contributed by atoms with E-state index < -0.39 is 11.9 Å². The number of nitrogens with two attached hydrogens (primary N) is 1. The minimum Gasteiger partial charge on any atom is -0.424 e. The molecule has 14 heavy (non-hydrogen) atoms.